The molecule has 5 heteroatoms. The van der Waals surface area contributed by atoms with E-state index in [1.165, 1.54) is 6.07 Å². The summed E-state index contributed by atoms with van der Waals surface area (Å²) in [5.41, 5.74) is -0.923. The number of aliphatic carboxylic acids is 1. The molecule has 0 aromatic heterocycles. The summed E-state index contributed by atoms with van der Waals surface area (Å²) < 4.78 is 18.7. The molecular weight excluding hydrogens is 261 g/mol. The summed E-state index contributed by atoms with van der Waals surface area (Å²) in [7, 11) is 0. The van der Waals surface area contributed by atoms with Gasteiger partial charge in [-0.25, -0.2) is 4.39 Å². The highest BCUT2D eigenvalue weighted by Crippen LogP contribution is 2.20. The van der Waals surface area contributed by atoms with Crippen LogP contribution in [0.5, 0.6) is 5.75 Å². The minimum absolute atomic E-state index is 0.202. The van der Waals surface area contributed by atoms with Gasteiger partial charge in [-0.05, 0) is 37.9 Å². The van der Waals surface area contributed by atoms with Crippen molar-refractivity contribution in [2.24, 2.45) is 0 Å². The van der Waals surface area contributed by atoms with Gasteiger partial charge < -0.3 is 15.2 Å². The molecule has 0 saturated heterocycles. The number of rotatable bonds is 9. The van der Waals surface area contributed by atoms with Crippen LogP contribution in [0.3, 0.4) is 0 Å². The van der Waals surface area contributed by atoms with Crippen LogP contribution in [0.25, 0.3) is 0 Å². The van der Waals surface area contributed by atoms with Gasteiger partial charge in [0.2, 0.25) is 0 Å². The number of likely N-dealkylation sites (N-methyl/N-ethyl adjacent to an activating group) is 1. The van der Waals surface area contributed by atoms with Crippen molar-refractivity contribution in [1.82, 2.24) is 5.32 Å². The molecule has 112 valence electrons. The monoisotopic (exact) mass is 283 g/mol. The molecule has 2 N–H and O–H groups in total. The van der Waals surface area contributed by atoms with Gasteiger partial charge in [-0.1, -0.05) is 26.0 Å². The Bertz CT molecular complexity index is 439. The van der Waals surface area contributed by atoms with Crippen molar-refractivity contribution < 1.29 is 19.0 Å². The second kappa shape index (κ2) is 7.85. The number of halogens is 1. The van der Waals surface area contributed by atoms with E-state index in [9.17, 15) is 14.3 Å². The zero-order valence-electron chi connectivity index (χ0n) is 12.0. The van der Waals surface area contributed by atoms with Gasteiger partial charge in [0.05, 0.1) is 6.61 Å². The number of benzene rings is 1. The highest BCUT2D eigenvalue weighted by atomic mass is 19.1. The second-order valence-electron chi connectivity index (χ2n) is 4.65. The highest BCUT2D eigenvalue weighted by Gasteiger charge is 2.34. The zero-order chi connectivity index (χ0) is 15.0. The van der Waals surface area contributed by atoms with Crippen LogP contribution in [-0.2, 0) is 4.79 Å². The molecule has 0 fully saturated rings. The lowest BCUT2D eigenvalue weighted by Crippen LogP contribution is -2.51. The van der Waals surface area contributed by atoms with Crippen LogP contribution in [0.1, 0.15) is 33.1 Å². The van der Waals surface area contributed by atoms with Gasteiger partial charge in [-0.2, -0.15) is 0 Å². The molecule has 0 radical (unpaired) electrons. The van der Waals surface area contributed by atoms with Crippen molar-refractivity contribution in [3.05, 3.63) is 30.1 Å². The third-order valence-electron chi connectivity index (χ3n) is 3.37. The number of carboxylic acid groups (broad SMARTS) is 1. The third-order valence-corrected chi connectivity index (χ3v) is 3.37. The quantitative estimate of drug-likeness (QED) is 0.684. The summed E-state index contributed by atoms with van der Waals surface area (Å²) in [6.07, 6.45) is 1.48. The van der Waals surface area contributed by atoms with Gasteiger partial charge >= 0.3 is 5.97 Å². The molecule has 1 unspecified atom stereocenters. The number of carboxylic acids is 1. The molecule has 0 heterocycles. The van der Waals surface area contributed by atoms with Crippen LogP contribution in [0.2, 0.25) is 0 Å². The summed E-state index contributed by atoms with van der Waals surface area (Å²) in [5.74, 6) is -1.06. The lowest BCUT2D eigenvalue weighted by atomic mass is 9.90. The van der Waals surface area contributed by atoms with E-state index in [-0.39, 0.29) is 5.75 Å². The van der Waals surface area contributed by atoms with Gasteiger partial charge in [0.1, 0.15) is 5.54 Å². The molecule has 1 aromatic carbocycles. The average Bonchev–Trinajstić information content (AvgIpc) is 2.43. The molecular formula is C15H22FNO3. The normalized spacial score (nSPS) is 13.8. The van der Waals surface area contributed by atoms with E-state index < -0.39 is 17.3 Å². The summed E-state index contributed by atoms with van der Waals surface area (Å²) in [5, 5.41) is 12.4. The Morgan fingerprint density at radius 2 is 2.10 bits per heavy atom. The summed E-state index contributed by atoms with van der Waals surface area (Å²) >= 11 is 0. The molecule has 0 bridgehead atoms. The summed E-state index contributed by atoms with van der Waals surface area (Å²) in [4.78, 5) is 11.4. The number of nitrogens with one attached hydrogen (secondary N) is 1. The fraction of sp³-hybridized carbons (Fsp3) is 0.533. The summed E-state index contributed by atoms with van der Waals surface area (Å²) in [6.45, 7) is 4.60. The Hall–Kier alpha value is -1.62. The van der Waals surface area contributed by atoms with E-state index in [4.69, 9.17) is 4.74 Å². The third kappa shape index (κ3) is 4.20. The molecule has 0 aliphatic heterocycles. The minimum atomic E-state index is -0.923. The smallest absolute Gasteiger partial charge is 0.323 e. The Kier molecular flexibility index (Phi) is 6.45. The zero-order valence-corrected chi connectivity index (χ0v) is 12.0. The van der Waals surface area contributed by atoms with E-state index >= 15 is 0 Å². The molecule has 0 aliphatic rings. The van der Waals surface area contributed by atoms with Crippen LogP contribution in [-0.4, -0.2) is 29.8 Å². The van der Waals surface area contributed by atoms with Crippen molar-refractivity contribution in [2.45, 2.75) is 38.6 Å². The van der Waals surface area contributed by atoms with Gasteiger partial charge in [0.25, 0.3) is 0 Å². The first-order valence-electron chi connectivity index (χ1n) is 6.91. The fourth-order valence-electron chi connectivity index (χ4n) is 2.18. The van der Waals surface area contributed by atoms with Gasteiger partial charge in [-0.15, -0.1) is 0 Å². The molecule has 0 spiro atoms. The Balaban J connectivity index is 2.49. The number of para-hydroxylation sites is 1. The summed E-state index contributed by atoms with van der Waals surface area (Å²) in [6, 6.07) is 6.19. The van der Waals surface area contributed by atoms with Crippen LogP contribution in [0, 0.1) is 5.82 Å². The standard InChI is InChI=1S/C15H22FNO3/c1-3-15(14(18)19,17-4-2)10-7-11-20-13-9-6-5-8-12(13)16/h5-6,8-9,17H,3-4,7,10-11H2,1-2H3,(H,18,19). The Morgan fingerprint density at radius 1 is 1.40 bits per heavy atom. The number of hydrogen-bond donors (Lipinski definition) is 2. The lowest BCUT2D eigenvalue weighted by Gasteiger charge is -2.29. The Morgan fingerprint density at radius 3 is 2.65 bits per heavy atom. The highest BCUT2D eigenvalue weighted by molar-refractivity contribution is 5.78. The van der Waals surface area contributed by atoms with E-state index in [2.05, 4.69) is 5.32 Å². The molecule has 4 nitrogen and oxygen atoms in total. The molecule has 1 aromatic rings. The molecule has 0 saturated carbocycles. The van der Waals surface area contributed by atoms with Crippen molar-refractivity contribution in [2.75, 3.05) is 13.2 Å². The fourth-order valence-corrected chi connectivity index (χ4v) is 2.18. The number of hydrogen-bond acceptors (Lipinski definition) is 3. The van der Waals surface area contributed by atoms with E-state index in [1.54, 1.807) is 18.2 Å². The maximum absolute atomic E-state index is 13.3. The van der Waals surface area contributed by atoms with Crippen LogP contribution >= 0.6 is 0 Å². The Labute approximate surface area is 119 Å². The van der Waals surface area contributed by atoms with Gasteiger partial charge in [0.15, 0.2) is 11.6 Å². The number of ether oxygens (including phenoxy) is 1. The van der Waals surface area contributed by atoms with Crippen LogP contribution in [0.4, 0.5) is 4.39 Å². The maximum atomic E-state index is 13.3. The molecule has 0 amide bonds. The topological polar surface area (TPSA) is 58.6 Å². The molecule has 20 heavy (non-hydrogen) atoms. The second-order valence-corrected chi connectivity index (χ2v) is 4.65. The average molecular weight is 283 g/mol. The van der Waals surface area contributed by atoms with Crippen molar-refractivity contribution in [3.63, 3.8) is 0 Å². The lowest BCUT2D eigenvalue weighted by molar-refractivity contribution is -0.145. The van der Waals surface area contributed by atoms with Crippen LogP contribution in [0.15, 0.2) is 24.3 Å². The predicted octanol–water partition coefficient (Wildman–Crippen LogP) is 2.83. The first kappa shape index (κ1) is 16.4. The van der Waals surface area contributed by atoms with Gasteiger partial charge in [-0.3, -0.25) is 4.79 Å². The van der Waals surface area contributed by atoms with Crippen LogP contribution < -0.4 is 10.1 Å². The largest absolute Gasteiger partial charge is 0.491 e. The van der Waals surface area contributed by atoms with E-state index in [0.29, 0.717) is 32.4 Å². The van der Waals surface area contributed by atoms with Crippen molar-refractivity contribution in [3.8, 4) is 5.75 Å². The molecule has 1 rings (SSSR count). The predicted molar refractivity (Wildman–Crippen MR) is 75.5 cm³/mol. The molecule has 0 aliphatic carbocycles. The first-order chi connectivity index (χ1) is 9.55. The van der Waals surface area contributed by atoms with E-state index in [1.807, 2.05) is 13.8 Å². The molecule has 1 atom stereocenters. The minimum Gasteiger partial charge on any atom is -0.491 e. The van der Waals surface area contributed by atoms with Gasteiger partial charge in [0, 0.05) is 0 Å². The number of carbonyl (C=O) groups is 1. The SMILES string of the molecule is CCNC(CC)(CCCOc1ccccc1F)C(=O)O. The van der Waals surface area contributed by atoms with E-state index in [0.717, 1.165) is 0 Å². The van der Waals surface area contributed by atoms with Crippen molar-refractivity contribution >= 4 is 5.97 Å². The maximum Gasteiger partial charge on any atom is 0.323 e. The van der Waals surface area contributed by atoms with Crippen molar-refractivity contribution in [1.29, 1.82) is 0 Å². The first-order valence-corrected chi connectivity index (χ1v) is 6.91.